The lowest BCUT2D eigenvalue weighted by molar-refractivity contribution is -0.137. The van der Waals surface area contributed by atoms with E-state index in [1.807, 2.05) is 0 Å². The van der Waals surface area contributed by atoms with Crippen LogP contribution in [0.15, 0.2) is 46.3 Å². The van der Waals surface area contributed by atoms with Crippen LogP contribution in [0.3, 0.4) is 0 Å². The van der Waals surface area contributed by atoms with E-state index in [-0.39, 0.29) is 21.5 Å². The minimum Gasteiger partial charge on any atom is -0.438 e. The molecule has 0 saturated heterocycles. The lowest BCUT2D eigenvalue weighted by Crippen LogP contribution is -2.27. The molecule has 0 aliphatic rings. The lowest BCUT2D eigenvalue weighted by Gasteiger charge is -2.12. The van der Waals surface area contributed by atoms with E-state index in [9.17, 15) is 26.6 Å². The van der Waals surface area contributed by atoms with Crippen molar-refractivity contribution in [3.63, 3.8) is 0 Å². The first-order chi connectivity index (χ1) is 14.0. The Bertz CT molecular complexity index is 1220. The highest BCUT2D eigenvalue weighted by Gasteiger charge is 2.31. The number of pyridine rings is 1. The number of nitrogens with two attached hydrogens (primary N) is 1. The lowest BCUT2D eigenvalue weighted by atomic mass is 10.2. The molecular weight excluding hydrogens is 452 g/mol. The molecule has 1 atom stereocenters. The average molecular weight is 463 g/mol. The summed E-state index contributed by atoms with van der Waals surface area (Å²) in [5.41, 5.74) is 3.54. The van der Waals surface area contributed by atoms with Gasteiger partial charge in [0.2, 0.25) is 5.88 Å². The first-order valence-electron chi connectivity index (χ1n) is 7.95. The number of hydrogen-bond acceptors (Lipinski definition) is 6. The number of alkyl halides is 3. The van der Waals surface area contributed by atoms with Crippen molar-refractivity contribution in [2.75, 3.05) is 5.73 Å². The highest BCUT2D eigenvalue weighted by Crippen LogP contribution is 2.35. The highest BCUT2D eigenvalue weighted by molar-refractivity contribution is 7.83. The van der Waals surface area contributed by atoms with Crippen LogP contribution in [0, 0.1) is 12.7 Å². The zero-order valence-electron chi connectivity index (χ0n) is 14.9. The quantitative estimate of drug-likeness (QED) is 0.593. The largest absolute Gasteiger partial charge is 0.438 e. The molecule has 3 aromatic rings. The highest BCUT2D eigenvalue weighted by atomic mass is 35.5. The standard InChI is InChI=1S/C17H11ClF4N4O3S/c1-8-4-10(29-15-11(18)5-9(6-24-15)17(20,21)22)2-3-13(8)30(28)26-7-12(19)14(23)25-16(26)27/h2-7H,1H3,(H2,23,25,27). The molecule has 30 heavy (non-hydrogen) atoms. The maximum Gasteiger partial charge on any atom is 0.417 e. The van der Waals surface area contributed by atoms with E-state index in [0.29, 0.717) is 28.0 Å². The summed E-state index contributed by atoms with van der Waals surface area (Å²) in [4.78, 5) is 18.8. The van der Waals surface area contributed by atoms with Gasteiger partial charge in [-0.05, 0) is 36.8 Å². The summed E-state index contributed by atoms with van der Waals surface area (Å²) in [7, 11) is -2.14. The molecule has 3 rings (SSSR count). The van der Waals surface area contributed by atoms with Crippen molar-refractivity contribution in [3.05, 3.63) is 69.1 Å². The minimum absolute atomic E-state index is 0.136. The molecule has 0 saturated carbocycles. The van der Waals surface area contributed by atoms with Crippen molar-refractivity contribution >= 4 is 28.4 Å². The van der Waals surface area contributed by atoms with E-state index in [1.165, 1.54) is 25.1 Å². The van der Waals surface area contributed by atoms with Crippen LogP contribution >= 0.6 is 11.6 Å². The Labute approximate surface area is 173 Å². The summed E-state index contributed by atoms with van der Waals surface area (Å²) in [5, 5.41) is -0.356. The summed E-state index contributed by atoms with van der Waals surface area (Å²) in [6.07, 6.45) is -3.35. The molecule has 0 bridgehead atoms. The number of rotatable bonds is 4. The van der Waals surface area contributed by atoms with Gasteiger partial charge in [-0.3, -0.25) is 0 Å². The van der Waals surface area contributed by atoms with Crippen molar-refractivity contribution in [3.8, 4) is 11.6 Å². The van der Waals surface area contributed by atoms with Crippen LogP contribution in [0.5, 0.6) is 11.6 Å². The molecule has 0 radical (unpaired) electrons. The zero-order chi connectivity index (χ0) is 22.2. The molecule has 7 nitrogen and oxygen atoms in total. The number of aromatic nitrogens is 3. The average Bonchev–Trinajstić information content (AvgIpc) is 2.65. The van der Waals surface area contributed by atoms with E-state index >= 15 is 0 Å². The molecule has 0 aliphatic carbocycles. The third-order valence-corrected chi connectivity index (χ3v) is 5.47. The van der Waals surface area contributed by atoms with Crippen molar-refractivity contribution in [2.24, 2.45) is 0 Å². The summed E-state index contributed by atoms with van der Waals surface area (Å²) in [5.74, 6) is -1.76. The number of ether oxygens (including phenoxy) is 1. The Morgan fingerprint density at radius 1 is 1.27 bits per heavy atom. The number of nitrogen functional groups attached to an aromatic ring is 1. The van der Waals surface area contributed by atoms with Gasteiger partial charge in [0.25, 0.3) is 0 Å². The second kappa shape index (κ2) is 8.03. The third kappa shape index (κ3) is 4.44. The van der Waals surface area contributed by atoms with E-state index in [1.54, 1.807) is 0 Å². The summed E-state index contributed by atoms with van der Waals surface area (Å²) in [6.45, 7) is 1.54. The van der Waals surface area contributed by atoms with Crippen LogP contribution in [0.2, 0.25) is 5.02 Å². The van der Waals surface area contributed by atoms with Crippen molar-refractivity contribution in [2.45, 2.75) is 18.0 Å². The molecule has 0 fully saturated rings. The second-order valence-electron chi connectivity index (χ2n) is 5.87. The molecule has 1 unspecified atom stereocenters. The number of benzene rings is 1. The van der Waals surface area contributed by atoms with Crippen LogP contribution in [0.1, 0.15) is 11.1 Å². The van der Waals surface area contributed by atoms with Gasteiger partial charge in [-0.1, -0.05) is 11.6 Å². The van der Waals surface area contributed by atoms with Gasteiger partial charge in [0, 0.05) is 6.20 Å². The van der Waals surface area contributed by atoms with Gasteiger partial charge in [-0.25, -0.2) is 22.4 Å². The SMILES string of the molecule is Cc1cc(Oc2ncc(C(F)(F)F)cc2Cl)ccc1S(=O)n1cc(F)c(N)nc1=O. The predicted molar refractivity (Wildman–Crippen MR) is 100 cm³/mol. The maximum absolute atomic E-state index is 13.6. The Hall–Kier alpha value is -2.99. The maximum atomic E-state index is 13.6. The fourth-order valence-corrected chi connectivity index (χ4v) is 3.61. The topological polar surface area (TPSA) is 100 Å². The molecule has 2 N–H and O–H groups in total. The Kier molecular flexibility index (Phi) is 5.81. The second-order valence-corrected chi connectivity index (χ2v) is 7.61. The number of anilines is 1. The first-order valence-corrected chi connectivity index (χ1v) is 9.44. The van der Waals surface area contributed by atoms with Gasteiger partial charge < -0.3 is 10.5 Å². The molecule has 0 aliphatic heterocycles. The molecular formula is C17H11ClF4N4O3S. The van der Waals surface area contributed by atoms with Crippen molar-refractivity contribution in [1.82, 2.24) is 13.9 Å². The van der Waals surface area contributed by atoms with E-state index in [0.717, 1.165) is 0 Å². The van der Waals surface area contributed by atoms with Crippen molar-refractivity contribution < 1.29 is 26.5 Å². The molecule has 2 aromatic heterocycles. The predicted octanol–water partition coefficient (Wildman–Crippen LogP) is 3.70. The van der Waals surface area contributed by atoms with Crippen LogP contribution in [-0.4, -0.2) is 18.1 Å². The van der Waals surface area contributed by atoms with Crippen LogP contribution in [-0.2, 0) is 17.2 Å². The van der Waals surface area contributed by atoms with Gasteiger partial charge in [-0.15, -0.1) is 0 Å². The summed E-state index contributed by atoms with van der Waals surface area (Å²) >= 11 is 5.81. The molecule has 13 heteroatoms. The fourth-order valence-electron chi connectivity index (χ4n) is 2.30. The van der Waals surface area contributed by atoms with Gasteiger partial charge in [0.1, 0.15) is 10.8 Å². The van der Waals surface area contributed by atoms with Crippen LogP contribution < -0.4 is 16.2 Å². The Morgan fingerprint density at radius 2 is 1.97 bits per heavy atom. The first kappa shape index (κ1) is 21.7. The van der Waals surface area contributed by atoms with E-state index < -0.39 is 40.1 Å². The van der Waals surface area contributed by atoms with Gasteiger partial charge in [-0.2, -0.15) is 18.2 Å². The molecule has 158 valence electrons. The number of halogens is 5. The Morgan fingerprint density at radius 3 is 2.57 bits per heavy atom. The van der Waals surface area contributed by atoms with Gasteiger partial charge in [0.15, 0.2) is 22.6 Å². The smallest absolute Gasteiger partial charge is 0.417 e. The Balaban J connectivity index is 1.88. The molecule has 2 heterocycles. The van der Waals surface area contributed by atoms with E-state index in [4.69, 9.17) is 22.1 Å². The fraction of sp³-hybridized carbons (Fsp3) is 0.118. The minimum atomic E-state index is -4.61. The molecule has 0 spiro atoms. The monoisotopic (exact) mass is 462 g/mol. The number of nitrogens with zero attached hydrogens (tertiary/aromatic N) is 3. The summed E-state index contributed by atoms with van der Waals surface area (Å²) < 4.78 is 70.3. The van der Waals surface area contributed by atoms with Gasteiger partial charge >= 0.3 is 11.9 Å². The van der Waals surface area contributed by atoms with Crippen molar-refractivity contribution in [1.29, 1.82) is 0 Å². The third-order valence-electron chi connectivity index (χ3n) is 3.74. The molecule has 1 aromatic carbocycles. The summed E-state index contributed by atoms with van der Waals surface area (Å²) in [6, 6.07) is 4.74. The van der Waals surface area contributed by atoms with E-state index in [2.05, 4.69) is 9.97 Å². The normalized spacial score (nSPS) is 12.6. The number of aryl methyl sites for hydroxylation is 1. The van der Waals surface area contributed by atoms with Crippen LogP contribution in [0.4, 0.5) is 23.4 Å². The number of hydrogen-bond donors (Lipinski definition) is 1. The van der Waals surface area contributed by atoms with Crippen LogP contribution in [0.25, 0.3) is 0 Å². The zero-order valence-corrected chi connectivity index (χ0v) is 16.5. The van der Waals surface area contributed by atoms with Gasteiger partial charge in [0.05, 0.1) is 16.7 Å². The molecule has 0 amide bonds.